The summed E-state index contributed by atoms with van der Waals surface area (Å²) < 4.78 is 350. The average molecular weight is 770 g/mol. The fourth-order valence-corrected chi connectivity index (χ4v) is 2.61. The first kappa shape index (κ1) is 45.1. The van der Waals surface area contributed by atoms with Crippen LogP contribution in [0.5, 0.6) is 0 Å². The summed E-state index contributed by atoms with van der Waals surface area (Å²) in [5, 5.41) is 0. The van der Waals surface area contributed by atoms with E-state index in [1.54, 1.807) is 0 Å². The highest BCUT2D eigenvalue weighted by Gasteiger charge is 2.92. The van der Waals surface area contributed by atoms with Crippen LogP contribution in [0, 0.1) is 0 Å². The monoisotopic (exact) mass is 770 g/mol. The molecule has 0 aliphatic carbocycles. The summed E-state index contributed by atoms with van der Waals surface area (Å²) in [4.78, 5) is 0. The second kappa shape index (κ2) is 12.7. The second-order valence-electron chi connectivity index (χ2n) is 8.89. The van der Waals surface area contributed by atoms with Gasteiger partial charge in [-0.05, 0) is 0 Å². The van der Waals surface area contributed by atoms with E-state index in [1.165, 1.54) is 0 Å². The summed E-state index contributed by atoms with van der Waals surface area (Å²) in [5.74, 6) is -78.6. The van der Waals surface area contributed by atoms with Crippen molar-refractivity contribution in [3.8, 4) is 0 Å². The quantitative estimate of drug-likeness (QED) is 0.139. The van der Waals surface area contributed by atoms with Crippen LogP contribution >= 0.6 is 0 Å². The molecule has 0 heterocycles. The van der Waals surface area contributed by atoms with Crippen LogP contribution in [0.25, 0.3) is 0 Å². The summed E-state index contributed by atoms with van der Waals surface area (Å²) in [7, 11) is 0.290. The van der Waals surface area contributed by atoms with Gasteiger partial charge in [-0.25, -0.2) is 0 Å². The Bertz CT molecular complexity index is 963. The molecule has 0 atom stereocenters. The van der Waals surface area contributed by atoms with Gasteiger partial charge in [-0.3, -0.25) is 0 Å². The molecule has 0 aromatic heterocycles. The summed E-state index contributed by atoms with van der Waals surface area (Å²) in [5.41, 5.74) is 0. The van der Waals surface area contributed by atoms with Gasteiger partial charge in [0.1, 0.15) is 19.3 Å². The van der Waals surface area contributed by atoms with Gasteiger partial charge in [-0.2, -0.15) is 114 Å². The molecule has 284 valence electrons. The third-order valence-corrected chi connectivity index (χ3v) is 5.50. The van der Waals surface area contributed by atoms with Crippen molar-refractivity contribution < 1.29 is 128 Å². The Hall–Kier alpha value is -1.94. The highest BCUT2D eigenvalue weighted by Crippen LogP contribution is 2.61. The fourth-order valence-electron chi connectivity index (χ4n) is 2.61. The largest absolute Gasteiger partial charge is 0.460 e. The Morgan fingerprint density at radius 2 is 0.553 bits per heavy atom. The van der Waals surface area contributed by atoms with Crippen LogP contribution < -0.4 is 0 Å². The van der Waals surface area contributed by atoms with Crippen molar-refractivity contribution in [1.82, 2.24) is 0 Å². The first-order valence-electron chi connectivity index (χ1n) is 10.7. The van der Waals surface area contributed by atoms with Crippen molar-refractivity contribution in [3.05, 3.63) is 0 Å². The van der Waals surface area contributed by atoms with Gasteiger partial charge in [-0.15, -0.1) is 0 Å². The third-order valence-electron chi connectivity index (χ3n) is 5.50. The van der Waals surface area contributed by atoms with E-state index >= 15 is 0 Å². The van der Waals surface area contributed by atoms with E-state index in [0.717, 1.165) is 0 Å². The predicted molar refractivity (Wildman–Crippen MR) is 94.0 cm³/mol. The SMILES string of the molecule is COC(COCC(F)(F)C(F)(F)C(F)(F)C(F)(F)C(F)(F)C(F)(F)F)COCC(F)(F)C(F)(F)C(F)(F)C(F)(F)C(F)(F)C(F)(F)F. The molecule has 0 unspecified atom stereocenters. The van der Waals surface area contributed by atoms with Crippen molar-refractivity contribution in [3.63, 3.8) is 0 Å². The van der Waals surface area contributed by atoms with Crippen LogP contribution in [0.3, 0.4) is 0 Å². The third kappa shape index (κ3) is 7.20. The van der Waals surface area contributed by atoms with E-state index in [-0.39, 0.29) is 0 Å². The van der Waals surface area contributed by atoms with Gasteiger partial charge in [0.15, 0.2) is 0 Å². The van der Waals surface area contributed by atoms with Crippen molar-refractivity contribution >= 4 is 0 Å². The molecule has 0 fully saturated rings. The number of ether oxygens (including phenoxy) is 3. The number of halogens is 26. The maximum Gasteiger partial charge on any atom is 0.460 e. The molecule has 0 amide bonds. The fraction of sp³-hybridized carbons (Fsp3) is 1.00. The van der Waals surface area contributed by atoms with Crippen LogP contribution in [0.1, 0.15) is 0 Å². The lowest BCUT2D eigenvalue weighted by Crippen LogP contribution is -2.70. The van der Waals surface area contributed by atoms with Gasteiger partial charge in [0, 0.05) is 7.11 Å². The molecule has 0 spiro atoms. The van der Waals surface area contributed by atoms with E-state index in [2.05, 4.69) is 14.2 Å². The molecule has 29 heteroatoms. The van der Waals surface area contributed by atoms with Crippen LogP contribution in [-0.4, -0.2) is 111 Å². The Labute approximate surface area is 241 Å². The molecular weight excluding hydrogens is 758 g/mol. The molecular formula is C18H12F26O3. The Kier molecular flexibility index (Phi) is 12.2. The lowest BCUT2D eigenvalue weighted by Gasteiger charge is -2.39. The topological polar surface area (TPSA) is 27.7 Å². The maximum absolute atomic E-state index is 13.6. The van der Waals surface area contributed by atoms with E-state index in [4.69, 9.17) is 0 Å². The van der Waals surface area contributed by atoms with Crippen LogP contribution in [-0.2, 0) is 14.2 Å². The molecule has 3 nitrogen and oxygen atoms in total. The summed E-state index contributed by atoms with van der Waals surface area (Å²) in [6.07, 6.45) is -17.9. The first-order valence-corrected chi connectivity index (χ1v) is 10.7. The number of rotatable bonds is 17. The molecule has 0 aromatic carbocycles. The first-order chi connectivity index (χ1) is 20.1. The van der Waals surface area contributed by atoms with Gasteiger partial charge in [-0.1, -0.05) is 0 Å². The van der Waals surface area contributed by atoms with Crippen molar-refractivity contribution in [2.75, 3.05) is 33.5 Å². The number of alkyl halides is 26. The lowest BCUT2D eigenvalue weighted by molar-refractivity contribution is -0.441. The smallest absolute Gasteiger partial charge is 0.377 e. The Balaban J connectivity index is 5.76. The summed E-state index contributed by atoms with van der Waals surface area (Å²) >= 11 is 0. The second-order valence-corrected chi connectivity index (χ2v) is 8.89. The van der Waals surface area contributed by atoms with Crippen LogP contribution in [0.2, 0.25) is 0 Å². The average Bonchev–Trinajstić information content (AvgIpc) is 2.85. The molecule has 0 saturated carbocycles. The zero-order chi connectivity index (χ0) is 38.5. The molecule has 0 aliphatic heterocycles. The van der Waals surface area contributed by atoms with Gasteiger partial charge in [0.05, 0.1) is 13.2 Å². The van der Waals surface area contributed by atoms with Gasteiger partial charge in [0.25, 0.3) is 0 Å². The van der Waals surface area contributed by atoms with Crippen LogP contribution in [0.15, 0.2) is 0 Å². The molecule has 0 rings (SSSR count). The maximum atomic E-state index is 13.6. The van der Waals surface area contributed by atoms with E-state index in [1.807, 2.05) is 0 Å². The van der Waals surface area contributed by atoms with E-state index < -0.39 is 104 Å². The van der Waals surface area contributed by atoms with Gasteiger partial charge >= 0.3 is 71.6 Å². The van der Waals surface area contributed by atoms with Gasteiger partial charge < -0.3 is 14.2 Å². The summed E-state index contributed by atoms with van der Waals surface area (Å²) in [6.45, 7) is -10.7. The molecule has 0 saturated heterocycles. The highest BCUT2D eigenvalue weighted by molar-refractivity contribution is 5.11. The number of hydrogen-bond donors (Lipinski definition) is 0. The molecule has 0 aliphatic rings. The van der Waals surface area contributed by atoms with Crippen LogP contribution in [0.4, 0.5) is 114 Å². The van der Waals surface area contributed by atoms with E-state index in [0.29, 0.717) is 7.11 Å². The molecule has 0 N–H and O–H groups in total. The Morgan fingerprint density at radius 3 is 0.745 bits per heavy atom. The number of methoxy groups -OCH3 is 1. The molecule has 0 aromatic rings. The normalized spacial score (nSPS) is 16.3. The lowest BCUT2D eigenvalue weighted by atomic mass is 9.94. The summed E-state index contributed by atoms with van der Waals surface area (Å²) in [6, 6.07) is 0. The zero-order valence-corrected chi connectivity index (χ0v) is 21.5. The minimum atomic E-state index is -8.29. The molecule has 47 heavy (non-hydrogen) atoms. The zero-order valence-electron chi connectivity index (χ0n) is 21.5. The minimum absolute atomic E-state index is 0.290. The van der Waals surface area contributed by atoms with E-state index in [9.17, 15) is 114 Å². The standard InChI is InChI=1S/C18H12F26O3/c1-45-6(2-46-4-7(19,20)9(23,24)11(27,28)13(31,32)15(35,36)17(39,40)41)3-47-5-8(21,22)10(25,26)12(29,30)14(33,34)16(37,38)18(42,43)44/h6H,2-5H2,1H3. The molecule has 0 bridgehead atoms. The van der Waals surface area contributed by atoms with Crippen molar-refractivity contribution in [1.29, 1.82) is 0 Å². The highest BCUT2D eigenvalue weighted by atomic mass is 19.4. The van der Waals surface area contributed by atoms with Crippen molar-refractivity contribution in [2.45, 2.75) is 77.7 Å². The number of hydrogen-bond acceptors (Lipinski definition) is 3. The van der Waals surface area contributed by atoms with Crippen molar-refractivity contribution in [2.24, 2.45) is 0 Å². The molecule has 0 radical (unpaired) electrons. The Morgan fingerprint density at radius 1 is 0.340 bits per heavy atom. The van der Waals surface area contributed by atoms with Gasteiger partial charge in [0.2, 0.25) is 0 Å². The predicted octanol–water partition coefficient (Wildman–Crippen LogP) is 8.51. The minimum Gasteiger partial charge on any atom is -0.377 e.